The van der Waals surface area contributed by atoms with Crippen LogP contribution in [0.4, 0.5) is 0 Å². The molecule has 1 saturated carbocycles. The van der Waals surface area contributed by atoms with Crippen molar-refractivity contribution in [3.63, 3.8) is 0 Å². The molecule has 162 valence electrons. The van der Waals surface area contributed by atoms with Crippen LogP contribution in [-0.4, -0.2) is 56.0 Å². The van der Waals surface area contributed by atoms with E-state index >= 15 is 0 Å². The van der Waals surface area contributed by atoms with Crippen molar-refractivity contribution >= 4 is 5.78 Å². The van der Waals surface area contributed by atoms with E-state index in [-0.39, 0.29) is 30.0 Å². The quantitative estimate of drug-likeness (QED) is 0.677. The number of aryl methyl sites for hydroxylation is 2. The third kappa shape index (κ3) is 3.83. The highest BCUT2D eigenvalue weighted by Crippen LogP contribution is 2.39. The fourth-order valence-electron chi connectivity index (χ4n) is 5.43. The van der Waals surface area contributed by atoms with Gasteiger partial charge in [0.2, 0.25) is 0 Å². The van der Waals surface area contributed by atoms with Gasteiger partial charge in [0.05, 0.1) is 30.7 Å². The lowest BCUT2D eigenvalue weighted by atomic mass is 9.86. The molecule has 3 fully saturated rings. The average Bonchev–Trinajstić information content (AvgIpc) is 3.49. The summed E-state index contributed by atoms with van der Waals surface area (Å²) in [5.41, 5.74) is 2.57. The zero-order valence-electron chi connectivity index (χ0n) is 17.9. The van der Waals surface area contributed by atoms with Gasteiger partial charge in [-0.05, 0) is 25.3 Å². The summed E-state index contributed by atoms with van der Waals surface area (Å²) in [7, 11) is 1.81. The van der Waals surface area contributed by atoms with Crippen LogP contribution in [0.3, 0.4) is 0 Å². The van der Waals surface area contributed by atoms with E-state index in [1.165, 1.54) is 32.1 Å². The third-order valence-corrected chi connectivity index (χ3v) is 6.99. The fraction of sp³-hybridized carbons (Fsp3) is 0.727. The molecule has 8 heteroatoms. The molecule has 4 atom stereocenters. The van der Waals surface area contributed by atoms with Gasteiger partial charge in [-0.3, -0.25) is 9.48 Å². The molecule has 0 bridgehead atoms. The average molecular weight is 414 g/mol. The second-order valence-electron chi connectivity index (χ2n) is 9.24. The van der Waals surface area contributed by atoms with Gasteiger partial charge < -0.3 is 9.47 Å². The number of ketones is 1. The van der Waals surface area contributed by atoms with Gasteiger partial charge in [0.1, 0.15) is 17.8 Å². The van der Waals surface area contributed by atoms with Crippen molar-refractivity contribution < 1.29 is 14.3 Å². The third-order valence-electron chi connectivity index (χ3n) is 6.99. The van der Waals surface area contributed by atoms with Crippen LogP contribution >= 0.6 is 0 Å². The molecule has 4 heterocycles. The summed E-state index contributed by atoms with van der Waals surface area (Å²) in [6.07, 6.45) is 10.0. The number of hydrogen-bond acceptors (Lipinski definition) is 6. The Morgan fingerprint density at radius 1 is 1.17 bits per heavy atom. The van der Waals surface area contributed by atoms with Crippen molar-refractivity contribution in [3.05, 3.63) is 29.3 Å². The van der Waals surface area contributed by atoms with E-state index in [9.17, 15) is 4.79 Å². The Bertz CT molecular complexity index is 900. The largest absolute Gasteiger partial charge is 0.373 e. The van der Waals surface area contributed by atoms with Crippen LogP contribution in [0.2, 0.25) is 0 Å². The van der Waals surface area contributed by atoms with Crippen molar-refractivity contribution in [1.29, 1.82) is 0 Å². The Morgan fingerprint density at radius 2 is 1.97 bits per heavy atom. The second-order valence-corrected chi connectivity index (χ2v) is 9.24. The standard InChI is InChI=1S/C22H31N5O3/c1-14-8-18(26(2)24-14)20(28)10-16-12-29-22-19(13-30-21(16)22)27-11-17(23-25-27)9-15-6-4-3-5-7-15/h8,11,15-16,19,21-22H,3-7,9-10,12-13H2,1-2H3/t16-,19-,21+,22+/m0/s1. The molecule has 0 radical (unpaired) electrons. The lowest BCUT2D eigenvalue weighted by Gasteiger charge is -2.20. The zero-order valence-corrected chi connectivity index (χ0v) is 17.9. The number of Topliss-reactive ketones (excluding diaryl/α,β-unsaturated/α-hetero) is 1. The number of ether oxygens (including phenoxy) is 2. The molecular weight excluding hydrogens is 382 g/mol. The number of carbonyl (C=O) groups is 1. The van der Waals surface area contributed by atoms with Gasteiger partial charge in [-0.15, -0.1) is 5.10 Å². The molecule has 0 spiro atoms. The van der Waals surface area contributed by atoms with E-state index in [2.05, 4.69) is 21.6 Å². The number of aromatic nitrogens is 5. The van der Waals surface area contributed by atoms with Crippen LogP contribution in [0, 0.1) is 18.8 Å². The van der Waals surface area contributed by atoms with Gasteiger partial charge in [-0.2, -0.15) is 5.10 Å². The Hall–Kier alpha value is -2.06. The first-order chi connectivity index (χ1) is 14.6. The van der Waals surface area contributed by atoms with Gasteiger partial charge in [-0.1, -0.05) is 37.3 Å². The molecule has 2 saturated heterocycles. The minimum Gasteiger partial charge on any atom is -0.373 e. The van der Waals surface area contributed by atoms with E-state index < -0.39 is 0 Å². The Labute approximate surface area is 176 Å². The lowest BCUT2D eigenvalue weighted by Crippen LogP contribution is -2.29. The summed E-state index contributed by atoms with van der Waals surface area (Å²) in [5, 5.41) is 13.1. The van der Waals surface area contributed by atoms with Crippen molar-refractivity contribution in [1.82, 2.24) is 24.8 Å². The van der Waals surface area contributed by atoms with E-state index in [0.29, 0.717) is 25.3 Å². The molecule has 3 aliphatic rings. The Morgan fingerprint density at radius 3 is 2.73 bits per heavy atom. The van der Waals surface area contributed by atoms with Crippen LogP contribution in [0.5, 0.6) is 0 Å². The van der Waals surface area contributed by atoms with Gasteiger partial charge >= 0.3 is 0 Å². The summed E-state index contributed by atoms with van der Waals surface area (Å²) in [4.78, 5) is 12.8. The Kier molecular flexibility index (Phi) is 5.45. The molecule has 30 heavy (non-hydrogen) atoms. The number of rotatable bonds is 6. The molecule has 0 aromatic carbocycles. The highest BCUT2D eigenvalue weighted by atomic mass is 16.6. The highest BCUT2D eigenvalue weighted by Gasteiger charge is 2.49. The molecule has 0 N–H and O–H groups in total. The number of hydrogen-bond donors (Lipinski definition) is 0. The maximum Gasteiger partial charge on any atom is 0.181 e. The molecule has 2 aromatic heterocycles. The van der Waals surface area contributed by atoms with Crippen LogP contribution in [0.1, 0.15) is 66.4 Å². The first-order valence-corrected chi connectivity index (χ1v) is 11.3. The lowest BCUT2D eigenvalue weighted by molar-refractivity contribution is 0.0584. The molecule has 1 aliphatic carbocycles. The van der Waals surface area contributed by atoms with Crippen LogP contribution in [-0.2, 0) is 22.9 Å². The Balaban J connectivity index is 1.21. The minimum absolute atomic E-state index is 0.0293. The van der Waals surface area contributed by atoms with Crippen LogP contribution < -0.4 is 0 Å². The predicted molar refractivity (Wildman–Crippen MR) is 109 cm³/mol. The molecule has 2 aromatic rings. The number of carbonyl (C=O) groups excluding carboxylic acids is 1. The molecular formula is C22H31N5O3. The van der Waals surface area contributed by atoms with Crippen molar-refractivity contribution in [2.75, 3.05) is 13.2 Å². The topological polar surface area (TPSA) is 84.1 Å². The van der Waals surface area contributed by atoms with Gasteiger partial charge in [0, 0.05) is 25.6 Å². The molecule has 0 unspecified atom stereocenters. The van der Waals surface area contributed by atoms with E-state index in [0.717, 1.165) is 23.7 Å². The van der Waals surface area contributed by atoms with E-state index in [4.69, 9.17) is 9.47 Å². The normalized spacial score (nSPS) is 29.4. The zero-order chi connectivity index (χ0) is 20.7. The summed E-state index contributed by atoms with van der Waals surface area (Å²) in [6, 6.07) is 1.87. The monoisotopic (exact) mass is 413 g/mol. The van der Waals surface area contributed by atoms with Crippen molar-refractivity contribution in [2.24, 2.45) is 18.9 Å². The summed E-state index contributed by atoms with van der Waals surface area (Å²) >= 11 is 0. The molecule has 0 amide bonds. The fourth-order valence-corrected chi connectivity index (χ4v) is 5.43. The van der Waals surface area contributed by atoms with Crippen molar-refractivity contribution in [3.8, 4) is 0 Å². The number of fused-ring (bicyclic) bond motifs is 1. The molecule has 5 rings (SSSR count). The summed E-state index contributed by atoms with van der Waals surface area (Å²) < 4.78 is 15.8. The van der Waals surface area contributed by atoms with Crippen LogP contribution in [0.15, 0.2) is 12.3 Å². The maximum absolute atomic E-state index is 12.8. The van der Waals surface area contributed by atoms with Crippen molar-refractivity contribution in [2.45, 2.75) is 70.1 Å². The summed E-state index contributed by atoms with van der Waals surface area (Å²) in [6.45, 7) is 2.99. The highest BCUT2D eigenvalue weighted by molar-refractivity contribution is 5.94. The van der Waals surface area contributed by atoms with Gasteiger partial charge in [0.15, 0.2) is 5.78 Å². The minimum atomic E-state index is -0.0701. The smallest absolute Gasteiger partial charge is 0.181 e. The van der Waals surface area contributed by atoms with Crippen LogP contribution in [0.25, 0.3) is 0 Å². The first kappa shape index (κ1) is 19.9. The molecule has 8 nitrogen and oxygen atoms in total. The predicted octanol–water partition coefficient (Wildman–Crippen LogP) is 2.67. The SMILES string of the molecule is Cc1cc(C(=O)C[C@H]2CO[C@H]3[C@@H]2OC[C@@H]3n2cc(CC3CCCCC3)nn2)n(C)n1. The summed E-state index contributed by atoms with van der Waals surface area (Å²) in [5.74, 6) is 0.896. The second kappa shape index (κ2) is 8.23. The molecule has 2 aliphatic heterocycles. The number of nitrogens with zero attached hydrogens (tertiary/aromatic N) is 5. The maximum atomic E-state index is 12.8. The van der Waals surface area contributed by atoms with Gasteiger partial charge in [0.25, 0.3) is 0 Å². The van der Waals surface area contributed by atoms with Gasteiger partial charge in [-0.25, -0.2) is 4.68 Å². The van der Waals surface area contributed by atoms with E-state index in [1.807, 2.05) is 24.7 Å². The first-order valence-electron chi connectivity index (χ1n) is 11.3. The van der Waals surface area contributed by atoms with E-state index in [1.54, 1.807) is 4.68 Å².